The van der Waals surface area contributed by atoms with E-state index in [2.05, 4.69) is 17.0 Å². The number of phosphoric acid groups is 1. The highest BCUT2D eigenvalue weighted by Crippen LogP contribution is 2.48. The van der Waals surface area contributed by atoms with Crippen molar-refractivity contribution in [3.05, 3.63) is 12.7 Å². The van der Waals surface area contributed by atoms with E-state index in [4.69, 9.17) is 10.9 Å². The monoisotopic (exact) mass is 232 g/mol. The van der Waals surface area contributed by atoms with Crippen molar-refractivity contribution in [2.45, 2.75) is 32.3 Å². The van der Waals surface area contributed by atoms with Gasteiger partial charge in [0, 0.05) is 6.42 Å². The Morgan fingerprint density at radius 1 is 1.73 bits per heavy atom. The Hall–Kier alpha value is -0.590. The summed E-state index contributed by atoms with van der Waals surface area (Å²) in [5.41, 5.74) is -0.833. The fourth-order valence-corrected chi connectivity index (χ4v) is 1.99. The lowest BCUT2D eigenvalue weighted by Gasteiger charge is -2.27. The van der Waals surface area contributed by atoms with Crippen molar-refractivity contribution < 1.29 is 18.5 Å². The Kier molecular flexibility index (Phi) is 5.85. The zero-order valence-corrected chi connectivity index (χ0v) is 10.00. The lowest BCUT2D eigenvalue weighted by Crippen LogP contribution is -2.26. The Bertz CT molecular complexity index is 294. The fraction of sp³-hybridized carbons (Fsp3) is 0.600. The van der Waals surface area contributed by atoms with Gasteiger partial charge in [-0.1, -0.05) is 13.0 Å². The van der Waals surface area contributed by atoms with Crippen molar-refractivity contribution in [1.29, 1.82) is 0 Å². The number of hydrogen-bond acceptors (Lipinski definition) is 3. The van der Waals surface area contributed by atoms with Crippen LogP contribution >= 0.6 is 7.82 Å². The molecule has 0 radical (unpaired) electrons. The summed E-state index contributed by atoms with van der Waals surface area (Å²) in [6, 6.07) is 0. The van der Waals surface area contributed by atoms with E-state index in [1.165, 1.54) is 6.08 Å². The van der Waals surface area contributed by atoms with Crippen LogP contribution in [0.2, 0.25) is 0 Å². The van der Waals surface area contributed by atoms with Crippen molar-refractivity contribution in [1.82, 2.24) is 0 Å². The van der Waals surface area contributed by atoms with E-state index in [0.29, 0.717) is 6.42 Å². The molecule has 0 saturated carbocycles. The van der Waals surface area contributed by atoms with E-state index in [0.717, 1.165) is 0 Å². The van der Waals surface area contributed by atoms with Gasteiger partial charge in [-0.15, -0.1) is 18.9 Å². The van der Waals surface area contributed by atoms with Gasteiger partial charge in [0.1, 0.15) is 0 Å². The number of rotatable bonds is 7. The van der Waals surface area contributed by atoms with Crippen LogP contribution in [0.15, 0.2) is 12.7 Å². The van der Waals surface area contributed by atoms with Crippen molar-refractivity contribution in [2.75, 3.05) is 6.61 Å². The number of phosphoric ester groups is 1. The van der Waals surface area contributed by atoms with E-state index in [-0.39, 0.29) is 13.0 Å². The molecule has 2 atom stereocenters. The Morgan fingerprint density at radius 3 is 2.73 bits per heavy atom. The molecule has 4 nitrogen and oxygen atoms in total. The second-order valence-electron chi connectivity index (χ2n) is 3.33. The van der Waals surface area contributed by atoms with Crippen LogP contribution in [0, 0.1) is 12.3 Å². The van der Waals surface area contributed by atoms with Gasteiger partial charge in [0.05, 0.1) is 12.2 Å². The van der Waals surface area contributed by atoms with Crippen LogP contribution in [0.5, 0.6) is 0 Å². The number of terminal acetylenes is 1. The molecular formula is C10H17O4P. The third kappa shape index (κ3) is 5.76. The predicted octanol–water partition coefficient (Wildman–Crippen LogP) is 2.50. The third-order valence-corrected chi connectivity index (χ3v) is 3.06. The Labute approximate surface area is 90.9 Å². The number of hydrogen-bond donors (Lipinski definition) is 1. The molecule has 2 unspecified atom stereocenters. The minimum Gasteiger partial charge on any atom is -0.302 e. The topological polar surface area (TPSA) is 55.8 Å². The largest absolute Gasteiger partial charge is 0.473 e. The summed E-state index contributed by atoms with van der Waals surface area (Å²) in [6.45, 7) is 6.83. The summed E-state index contributed by atoms with van der Waals surface area (Å²) in [6.07, 6.45) is 7.31. The van der Waals surface area contributed by atoms with E-state index in [9.17, 15) is 9.46 Å². The van der Waals surface area contributed by atoms with Crippen LogP contribution < -0.4 is 0 Å². The molecule has 0 fully saturated rings. The summed E-state index contributed by atoms with van der Waals surface area (Å²) in [5.74, 6) is 2.40. The smallest absolute Gasteiger partial charge is 0.302 e. The maximum Gasteiger partial charge on any atom is 0.473 e. The van der Waals surface area contributed by atoms with E-state index >= 15 is 0 Å². The van der Waals surface area contributed by atoms with Crippen LogP contribution in [-0.2, 0) is 13.6 Å². The van der Waals surface area contributed by atoms with Gasteiger partial charge >= 0.3 is 7.82 Å². The first-order valence-corrected chi connectivity index (χ1v) is 6.11. The maximum atomic E-state index is 11.4. The Morgan fingerprint density at radius 2 is 2.33 bits per heavy atom. The van der Waals surface area contributed by atoms with Crippen molar-refractivity contribution >= 4 is 7.82 Å². The summed E-state index contributed by atoms with van der Waals surface area (Å²) in [5, 5.41) is 0. The van der Waals surface area contributed by atoms with Gasteiger partial charge in [-0.3, -0.25) is 9.05 Å². The SMILES string of the molecule is C#CCC(C)(CC)OP(=O)(O)OCC=C. The molecule has 0 aromatic rings. The first-order chi connectivity index (χ1) is 6.89. The third-order valence-electron chi connectivity index (χ3n) is 1.92. The minimum atomic E-state index is -4.04. The maximum absolute atomic E-state index is 11.4. The Balaban J connectivity index is 4.46. The molecule has 1 N–H and O–H groups in total. The van der Waals surface area contributed by atoms with Gasteiger partial charge in [-0.2, -0.15) is 0 Å². The molecule has 0 aromatic carbocycles. The van der Waals surface area contributed by atoms with Crippen LogP contribution in [-0.4, -0.2) is 17.1 Å². The van der Waals surface area contributed by atoms with Crippen LogP contribution in [0.3, 0.4) is 0 Å². The van der Waals surface area contributed by atoms with Gasteiger partial charge in [-0.25, -0.2) is 4.57 Å². The minimum absolute atomic E-state index is 0.0381. The van der Waals surface area contributed by atoms with Gasteiger partial charge in [0.25, 0.3) is 0 Å². The molecule has 0 spiro atoms. The first kappa shape index (κ1) is 14.4. The molecule has 0 amide bonds. The summed E-state index contributed by atoms with van der Waals surface area (Å²) in [7, 11) is -4.04. The molecule has 0 bridgehead atoms. The van der Waals surface area contributed by atoms with Crippen LogP contribution in [0.4, 0.5) is 0 Å². The van der Waals surface area contributed by atoms with Crippen molar-refractivity contribution in [3.8, 4) is 12.3 Å². The summed E-state index contributed by atoms with van der Waals surface area (Å²) >= 11 is 0. The molecule has 0 aromatic heterocycles. The fourth-order valence-electron chi connectivity index (χ4n) is 0.889. The molecule has 0 aliphatic carbocycles. The summed E-state index contributed by atoms with van der Waals surface area (Å²) in [4.78, 5) is 9.33. The molecule has 0 rings (SSSR count). The van der Waals surface area contributed by atoms with E-state index in [1.807, 2.05) is 6.92 Å². The second kappa shape index (κ2) is 6.09. The molecule has 0 heterocycles. The highest BCUT2D eigenvalue weighted by molar-refractivity contribution is 7.47. The summed E-state index contributed by atoms with van der Waals surface area (Å²) < 4.78 is 21.1. The zero-order chi connectivity index (χ0) is 11.9. The van der Waals surface area contributed by atoms with Crippen molar-refractivity contribution in [2.24, 2.45) is 0 Å². The predicted molar refractivity (Wildman–Crippen MR) is 59.2 cm³/mol. The highest BCUT2D eigenvalue weighted by Gasteiger charge is 2.33. The van der Waals surface area contributed by atoms with Gasteiger partial charge < -0.3 is 4.89 Å². The highest BCUT2D eigenvalue weighted by atomic mass is 31.2. The standard InChI is InChI=1S/C10H17O4P/c1-5-8-10(4,7-3)14-15(11,12)13-9-6-2/h1,6H,2,7-9H2,3-4H3,(H,11,12). The lowest BCUT2D eigenvalue weighted by atomic mass is 10.0. The normalized spacial score (nSPS) is 18.5. The first-order valence-electron chi connectivity index (χ1n) is 4.61. The quantitative estimate of drug-likeness (QED) is 0.416. The van der Waals surface area contributed by atoms with E-state index in [1.54, 1.807) is 6.92 Å². The van der Waals surface area contributed by atoms with Crippen molar-refractivity contribution in [3.63, 3.8) is 0 Å². The second-order valence-corrected chi connectivity index (χ2v) is 4.71. The zero-order valence-electron chi connectivity index (χ0n) is 9.10. The molecule has 15 heavy (non-hydrogen) atoms. The molecule has 86 valence electrons. The van der Waals surface area contributed by atoms with Crippen LogP contribution in [0.25, 0.3) is 0 Å². The van der Waals surface area contributed by atoms with Crippen LogP contribution in [0.1, 0.15) is 26.7 Å². The lowest BCUT2D eigenvalue weighted by molar-refractivity contribution is 0.0392. The average Bonchev–Trinajstić information content (AvgIpc) is 2.14. The van der Waals surface area contributed by atoms with Gasteiger partial charge in [-0.05, 0) is 13.3 Å². The molecule has 0 aliphatic heterocycles. The van der Waals surface area contributed by atoms with Gasteiger partial charge in [0.15, 0.2) is 0 Å². The van der Waals surface area contributed by atoms with Gasteiger partial charge in [0.2, 0.25) is 0 Å². The molecular weight excluding hydrogens is 215 g/mol. The average molecular weight is 232 g/mol. The molecule has 5 heteroatoms. The van der Waals surface area contributed by atoms with E-state index < -0.39 is 13.4 Å². The molecule has 0 saturated heterocycles. The molecule has 0 aliphatic rings.